The average Bonchev–Trinajstić information content (AvgIpc) is 3.18. The van der Waals surface area contributed by atoms with Crippen molar-refractivity contribution in [3.05, 3.63) is 53.9 Å². The molecule has 0 bridgehead atoms. The van der Waals surface area contributed by atoms with Crippen molar-refractivity contribution in [1.82, 2.24) is 19.5 Å². The molecule has 8 heteroatoms. The molecule has 1 saturated heterocycles. The van der Waals surface area contributed by atoms with Gasteiger partial charge in [0.25, 0.3) is 0 Å². The van der Waals surface area contributed by atoms with Crippen molar-refractivity contribution >= 4 is 11.0 Å². The van der Waals surface area contributed by atoms with Gasteiger partial charge in [-0.15, -0.1) is 0 Å². The molecular formula is C18H20N4O4. The number of aromatic nitrogens is 4. The lowest BCUT2D eigenvalue weighted by Gasteiger charge is -2.21. The monoisotopic (exact) mass is 356 g/mol. The van der Waals surface area contributed by atoms with E-state index in [1.807, 2.05) is 19.9 Å². The third-order valence-electron chi connectivity index (χ3n) is 4.84. The van der Waals surface area contributed by atoms with Crippen LogP contribution in [-0.4, -0.2) is 53.2 Å². The molecule has 8 nitrogen and oxygen atoms in total. The van der Waals surface area contributed by atoms with Crippen LogP contribution in [0.2, 0.25) is 0 Å². The number of hydrogen-bond donors (Lipinski definition) is 3. The molecular weight excluding hydrogens is 336 g/mol. The van der Waals surface area contributed by atoms with E-state index < -0.39 is 30.6 Å². The Balaban J connectivity index is 1.65. The average molecular weight is 356 g/mol. The molecule has 0 spiro atoms. The van der Waals surface area contributed by atoms with E-state index >= 15 is 0 Å². The third-order valence-corrected chi connectivity index (χ3v) is 4.84. The van der Waals surface area contributed by atoms with Crippen molar-refractivity contribution in [2.75, 3.05) is 0 Å². The van der Waals surface area contributed by atoms with Crippen LogP contribution < -0.4 is 0 Å². The van der Waals surface area contributed by atoms with Gasteiger partial charge in [0.2, 0.25) is 0 Å². The van der Waals surface area contributed by atoms with Gasteiger partial charge in [0.05, 0.1) is 5.69 Å². The van der Waals surface area contributed by atoms with Gasteiger partial charge >= 0.3 is 0 Å². The fraction of sp³-hybridized carbons (Fsp3) is 0.389. The highest BCUT2D eigenvalue weighted by Gasteiger charge is 2.47. The van der Waals surface area contributed by atoms with Gasteiger partial charge in [-0.2, -0.15) is 0 Å². The minimum Gasteiger partial charge on any atom is -0.387 e. The Bertz CT molecular complexity index is 927. The highest BCUT2D eigenvalue weighted by atomic mass is 16.6. The topological polar surface area (TPSA) is 114 Å². The molecule has 1 fully saturated rings. The second-order valence-electron chi connectivity index (χ2n) is 6.57. The van der Waals surface area contributed by atoms with Crippen molar-refractivity contribution in [2.45, 2.75) is 44.5 Å². The van der Waals surface area contributed by atoms with Gasteiger partial charge in [-0.05, 0) is 26.0 Å². The first-order valence-electron chi connectivity index (χ1n) is 8.37. The van der Waals surface area contributed by atoms with Gasteiger partial charge in [0.15, 0.2) is 6.23 Å². The first kappa shape index (κ1) is 17.0. The molecule has 136 valence electrons. The number of rotatable bonds is 3. The standard InChI is InChI=1S/C18H20N4O4/c1-9-3-4-11(7-19-9)13(23)16-14(24)15(25)18(26-16)22-6-5-12-10(2)20-8-21-17(12)22/h3-8,13-16,18,23-25H,1-2H3/t13-,14+,15-,16-,18-/m1/s1. The van der Waals surface area contributed by atoms with Crippen molar-refractivity contribution < 1.29 is 20.1 Å². The zero-order valence-corrected chi connectivity index (χ0v) is 14.4. The number of hydrogen-bond acceptors (Lipinski definition) is 7. The van der Waals surface area contributed by atoms with Gasteiger partial charge in [-0.25, -0.2) is 9.97 Å². The van der Waals surface area contributed by atoms with Crippen LogP contribution in [0.1, 0.15) is 29.3 Å². The van der Waals surface area contributed by atoms with E-state index in [4.69, 9.17) is 4.74 Å². The Morgan fingerprint density at radius 3 is 2.62 bits per heavy atom. The first-order valence-corrected chi connectivity index (χ1v) is 8.37. The van der Waals surface area contributed by atoms with Crippen molar-refractivity contribution in [2.24, 2.45) is 0 Å². The van der Waals surface area contributed by atoms with Gasteiger partial charge in [-0.1, -0.05) is 6.07 Å². The quantitative estimate of drug-likeness (QED) is 0.636. The molecule has 4 rings (SSSR count). The first-order chi connectivity index (χ1) is 12.5. The number of fused-ring (bicyclic) bond motifs is 1. The molecule has 3 N–H and O–H groups in total. The minimum absolute atomic E-state index is 0.517. The highest BCUT2D eigenvalue weighted by Crippen LogP contribution is 2.37. The van der Waals surface area contributed by atoms with Gasteiger partial charge in [-0.3, -0.25) is 4.98 Å². The second kappa shape index (κ2) is 6.40. The Kier molecular flexibility index (Phi) is 4.20. The largest absolute Gasteiger partial charge is 0.387 e. The van der Waals surface area contributed by atoms with E-state index in [9.17, 15) is 15.3 Å². The van der Waals surface area contributed by atoms with E-state index in [1.165, 1.54) is 12.5 Å². The molecule has 3 aromatic heterocycles. The molecule has 1 aliphatic rings. The number of ether oxygens (including phenoxy) is 1. The molecule has 5 atom stereocenters. The lowest BCUT2D eigenvalue weighted by molar-refractivity contribution is -0.0849. The summed E-state index contributed by atoms with van der Waals surface area (Å²) >= 11 is 0. The van der Waals surface area contributed by atoms with E-state index in [2.05, 4.69) is 15.0 Å². The maximum atomic E-state index is 10.6. The Morgan fingerprint density at radius 2 is 1.88 bits per heavy atom. The number of aliphatic hydroxyl groups excluding tert-OH is 3. The van der Waals surface area contributed by atoms with Gasteiger partial charge < -0.3 is 24.6 Å². The molecule has 0 saturated carbocycles. The zero-order valence-electron chi connectivity index (χ0n) is 14.4. The summed E-state index contributed by atoms with van der Waals surface area (Å²) in [5.41, 5.74) is 2.74. The van der Waals surface area contributed by atoms with Gasteiger partial charge in [0.1, 0.15) is 36.4 Å². The molecule has 0 aromatic carbocycles. The van der Waals surface area contributed by atoms with E-state index in [1.54, 1.807) is 22.9 Å². The predicted octanol–water partition coefficient (Wildman–Crippen LogP) is 0.796. The number of pyridine rings is 1. The zero-order chi connectivity index (χ0) is 18.4. The minimum atomic E-state index is -1.25. The summed E-state index contributed by atoms with van der Waals surface area (Å²) in [6, 6.07) is 5.33. The van der Waals surface area contributed by atoms with E-state index in [0.717, 1.165) is 16.8 Å². The number of nitrogens with zero attached hydrogens (tertiary/aromatic N) is 4. The summed E-state index contributed by atoms with van der Waals surface area (Å²) < 4.78 is 7.50. The van der Waals surface area contributed by atoms with Crippen LogP contribution in [-0.2, 0) is 4.74 Å². The van der Waals surface area contributed by atoms with E-state index in [-0.39, 0.29) is 0 Å². The molecule has 1 aliphatic heterocycles. The van der Waals surface area contributed by atoms with E-state index in [0.29, 0.717) is 11.2 Å². The summed E-state index contributed by atoms with van der Waals surface area (Å²) in [5.74, 6) is 0. The van der Waals surface area contributed by atoms with Crippen LogP contribution in [0.15, 0.2) is 36.9 Å². The summed E-state index contributed by atoms with van der Waals surface area (Å²) in [4.78, 5) is 12.6. The van der Waals surface area contributed by atoms with Gasteiger partial charge in [0, 0.05) is 29.0 Å². The van der Waals surface area contributed by atoms with Crippen LogP contribution in [0.25, 0.3) is 11.0 Å². The fourth-order valence-corrected chi connectivity index (χ4v) is 3.32. The molecule has 3 aromatic rings. The van der Waals surface area contributed by atoms with Crippen molar-refractivity contribution in [3.8, 4) is 0 Å². The maximum absolute atomic E-state index is 10.6. The summed E-state index contributed by atoms with van der Waals surface area (Å²) in [6.07, 6.45) is -0.718. The Labute approximate surface area is 149 Å². The Morgan fingerprint density at radius 1 is 1.08 bits per heavy atom. The maximum Gasteiger partial charge on any atom is 0.164 e. The summed E-state index contributed by atoms with van der Waals surface area (Å²) in [6.45, 7) is 3.71. The highest BCUT2D eigenvalue weighted by molar-refractivity contribution is 5.78. The van der Waals surface area contributed by atoms with Crippen LogP contribution in [0.5, 0.6) is 0 Å². The molecule has 0 unspecified atom stereocenters. The summed E-state index contributed by atoms with van der Waals surface area (Å²) in [7, 11) is 0. The SMILES string of the molecule is Cc1ccc([C@@H](O)[C@H]2O[C@@H](n3ccc4c(C)ncnc43)[C@H](O)[C@@H]2O)cn1. The molecule has 0 amide bonds. The molecule has 0 radical (unpaired) electrons. The number of aliphatic hydroxyl groups is 3. The fourth-order valence-electron chi connectivity index (χ4n) is 3.32. The molecule has 0 aliphatic carbocycles. The lowest BCUT2D eigenvalue weighted by atomic mass is 10.0. The molecule has 26 heavy (non-hydrogen) atoms. The van der Waals surface area contributed by atoms with Crippen LogP contribution in [0, 0.1) is 13.8 Å². The van der Waals surface area contributed by atoms with Crippen LogP contribution in [0.4, 0.5) is 0 Å². The van der Waals surface area contributed by atoms with Crippen LogP contribution >= 0.6 is 0 Å². The third kappa shape index (κ3) is 2.67. The Hall–Kier alpha value is -2.39. The second-order valence-corrected chi connectivity index (χ2v) is 6.57. The lowest BCUT2D eigenvalue weighted by Crippen LogP contribution is -2.34. The normalized spacial score (nSPS) is 27.1. The summed E-state index contributed by atoms with van der Waals surface area (Å²) in [5, 5.41) is 32.4. The number of aryl methyl sites for hydroxylation is 2. The molecule has 4 heterocycles. The van der Waals surface area contributed by atoms with Crippen molar-refractivity contribution in [3.63, 3.8) is 0 Å². The van der Waals surface area contributed by atoms with Crippen molar-refractivity contribution in [1.29, 1.82) is 0 Å². The predicted molar refractivity (Wildman–Crippen MR) is 92.1 cm³/mol. The van der Waals surface area contributed by atoms with Crippen LogP contribution in [0.3, 0.4) is 0 Å². The smallest absolute Gasteiger partial charge is 0.164 e.